The molecule has 1 atom stereocenters. The summed E-state index contributed by atoms with van der Waals surface area (Å²) in [6.07, 6.45) is 3.73. The van der Waals surface area contributed by atoms with Gasteiger partial charge in [0.2, 0.25) is 11.9 Å². The van der Waals surface area contributed by atoms with Crippen LogP contribution in [0.25, 0.3) is 0 Å². The number of nitrogens with zero attached hydrogens (tertiary/aromatic N) is 3. The average molecular weight is 294 g/mol. The van der Waals surface area contributed by atoms with Crippen molar-refractivity contribution in [2.24, 2.45) is 11.8 Å². The van der Waals surface area contributed by atoms with Gasteiger partial charge in [0.05, 0.1) is 12.5 Å². The molecule has 7 nitrogen and oxygen atoms in total. The third-order valence-corrected chi connectivity index (χ3v) is 2.93. The van der Waals surface area contributed by atoms with E-state index >= 15 is 0 Å². The van der Waals surface area contributed by atoms with Crippen LogP contribution in [0.15, 0.2) is 18.5 Å². The fraction of sp³-hybridized carbons (Fsp3) is 0.571. The third kappa shape index (κ3) is 6.20. The standard InChI is InChI=1S/C14H22N4O3/c1-10(2)7-11(13(20)21)8-17-12(19)9-18(3)14-15-5-4-6-16-14/h4-6,10-11H,7-9H2,1-3H3,(H,17,19)(H,20,21). The first-order chi connectivity index (χ1) is 9.90. The number of rotatable bonds is 8. The summed E-state index contributed by atoms with van der Waals surface area (Å²) >= 11 is 0. The number of likely N-dealkylation sites (N-methyl/N-ethyl adjacent to an activating group) is 1. The van der Waals surface area contributed by atoms with Gasteiger partial charge in [-0.25, -0.2) is 9.97 Å². The van der Waals surface area contributed by atoms with Gasteiger partial charge in [-0.05, 0) is 18.4 Å². The summed E-state index contributed by atoms with van der Waals surface area (Å²) in [5, 5.41) is 11.8. The van der Waals surface area contributed by atoms with Crippen LogP contribution < -0.4 is 10.2 Å². The van der Waals surface area contributed by atoms with Crippen molar-refractivity contribution >= 4 is 17.8 Å². The van der Waals surface area contributed by atoms with Gasteiger partial charge in [0, 0.05) is 26.0 Å². The summed E-state index contributed by atoms with van der Waals surface area (Å²) in [6.45, 7) is 4.13. The minimum Gasteiger partial charge on any atom is -0.481 e. The Morgan fingerprint density at radius 3 is 2.48 bits per heavy atom. The van der Waals surface area contributed by atoms with Gasteiger partial charge >= 0.3 is 5.97 Å². The highest BCUT2D eigenvalue weighted by Gasteiger charge is 2.20. The SMILES string of the molecule is CC(C)CC(CNC(=O)CN(C)c1ncccn1)C(=O)O. The first-order valence-corrected chi connectivity index (χ1v) is 6.87. The molecule has 1 aromatic heterocycles. The van der Waals surface area contributed by atoms with E-state index < -0.39 is 11.9 Å². The number of carboxylic acid groups (broad SMARTS) is 1. The van der Waals surface area contributed by atoms with Crippen LogP contribution >= 0.6 is 0 Å². The molecule has 0 aliphatic rings. The second kappa shape index (κ2) is 8.18. The minimum absolute atomic E-state index is 0.0814. The molecule has 1 unspecified atom stereocenters. The highest BCUT2D eigenvalue weighted by molar-refractivity contribution is 5.81. The van der Waals surface area contributed by atoms with E-state index in [1.165, 1.54) is 0 Å². The lowest BCUT2D eigenvalue weighted by atomic mass is 9.97. The molecule has 1 amide bonds. The zero-order valence-electron chi connectivity index (χ0n) is 12.6. The summed E-state index contributed by atoms with van der Waals surface area (Å²) in [4.78, 5) is 32.6. The highest BCUT2D eigenvalue weighted by atomic mass is 16.4. The third-order valence-electron chi connectivity index (χ3n) is 2.93. The van der Waals surface area contributed by atoms with E-state index in [0.29, 0.717) is 12.4 Å². The molecule has 1 heterocycles. The maximum atomic E-state index is 11.8. The summed E-state index contributed by atoms with van der Waals surface area (Å²) in [5.74, 6) is -0.982. The lowest BCUT2D eigenvalue weighted by molar-refractivity contribution is -0.142. The van der Waals surface area contributed by atoms with Gasteiger partial charge in [-0.2, -0.15) is 0 Å². The van der Waals surface area contributed by atoms with Crippen molar-refractivity contribution in [2.75, 3.05) is 25.0 Å². The number of amides is 1. The minimum atomic E-state index is -0.885. The first-order valence-electron chi connectivity index (χ1n) is 6.87. The van der Waals surface area contributed by atoms with Gasteiger partial charge in [-0.1, -0.05) is 13.8 Å². The Morgan fingerprint density at radius 1 is 1.33 bits per heavy atom. The number of hydrogen-bond acceptors (Lipinski definition) is 5. The smallest absolute Gasteiger partial charge is 0.308 e. The Hall–Kier alpha value is -2.18. The zero-order valence-corrected chi connectivity index (χ0v) is 12.6. The molecule has 0 aliphatic heterocycles. The van der Waals surface area contributed by atoms with Crippen molar-refractivity contribution in [3.8, 4) is 0 Å². The van der Waals surface area contributed by atoms with Gasteiger partial charge in [-0.15, -0.1) is 0 Å². The summed E-state index contributed by atoms with van der Waals surface area (Å²) in [5.41, 5.74) is 0. The van der Waals surface area contributed by atoms with E-state index in [-0.39, 0.29) is 24.9 Å². The van der Waals surface area contributed by atoms with Gasteiger partial charge in [0.25, 0.3) is 0 Å². The number of hydrogen-bond donors (Lipinski definition) is 2. The normalized spacial score (nSPS) is 12.0. The van der Waals surface area contributed by atoms with Crippen LogP contribution in [0, 0.1) is 11.8 Å². The van der Waals surface area contributed by atoms with Crippen molar-refractivity contribution in [3.05, 3.63) is 18.5 Å². The van der Waals surface area contributed by atoms with E-state index in [2.05, 4.69) is 15.3 Å². The van der Waals surface area contributed by atoms with Gasteiger partial charge in [-0.3, -0.25) is 9.59 Å². The van der Waals surface area contributed by atoms with Crippen LogP contribution in [0.2, 0.25) is 0 Å². The Bertz CT molecular complexity index is 465. The largest absolute Gasteiger partial charge is 0.481 e. The molecular formula is C14H22N4O3. The summed E-state index contributed by atoms with van der Waals surface area (Å²) in [7, 11) is 1.71. The van der Waals surface area contributed by atoms with Crippen LogP contribution in [0.5, 0.6) is 0 Å². The number of carboxylic acids is 1. The second-order valence-corrected chi connectivity index (χ2v) is 5.37. The maximum absolute atomic E-state index is 11.8. The predicted octanol–water partition coefficient (Wildman–Crippen LogP) is 0.776. The number of aliphatic carboxylic acids is 1. The Morgan fingerprint density at radius 2 is 1.95 bits per heavy atom. The Kier molecular flexibility index (Phi) is 6.58. The van der Waals surface area contributed by atoms with Crippen LogP contribution in [0.1, 0.15) is 20.3 Å². The molecule has 2 N–H and O–H groups in total. The molecule has 7 heteroatoms. The molecule has 0 saturated heterocycles. The maximum Gasteiger partial charge on any atom is 0.308 e. The number of carbonyl (C=O) groups excluding carboxylic acids is 1. The molecule has 0 spiro atoms. The fourth-order valence-corrected chi connectivity index (χ4v) is 1.91. The molecule has 0 aromatic carbocycles. The fourth-order valence-electron chi connectivity index (χ4n) is 1.91. The average Bonchev–Trinajstić information content (AvgIpc) is 2.43. The highest BCUT2D eigenvalue weighted by Crippen LogP contribution is 2.11. The lowest BCUT2D eigenvalue weighted by Gasteiger charge is -2.18. The van der Waals surface area contributed by atoms with Crippen LogP contribution in [0.3, 0.4) is 0 Å². The lowest BCUT2D eigenvalue weighted by Crippen LogP contribution is -2.39. The number of nitrogens with one attached hydrogen (secondary N) is 1. The van der Waals surface area contributed by atoms with Crippen LogP contribution in [-0.4, -0.2) is 47.1 Å². The van der Waals surface area contributed by atoms with E-state index in [4.69, 9.17) is 5.11 Å². The number of anilines is 1. The van der Waals surface area contributed by atoms with Crippen LogP contribution in [0.4, 0.5) is 5.95 Å². The molecule has 0 saturated carbocycles. The molecule has 0 bridgehead atoms. The van der Waals surface area contributed by atoms with E-state index in [0.717, 1.165) is 0 Å². The van der Waals surface area contributed by atoms with Crippen molar-refractivity contribution in [1.29, 1.82) is 0 Å². The molecule has 0 fully saturated rings. The topological polar surface area (TPSA) is 95.4 Å². The van der Waals surface area contributed by atoms with Gasteiger partial charge in [0.15, 0.2) is 0 Å². The number of aromatic nitrogens is 2. The molecule has 116 valence electrons. The predicted molar refractivity (Wildman–Crippen MR) is 78.9 cm³/mol. The van der Waals surface area contributed by atoms with Crippen LogP contribution in [-0.2, 0) is 9.59 Å². The van der Waals surface area contributed by atoms with E-state index in [1.807, 2.05) is 13.8 Å². The molecular weight excluding hydrogens is 272 g/mol. The molecule has 0 radical (unpaired) electrons. The van der Waals surface area contributed by atoms with Crippen molar-refractivity contribution < 1.29 is 14.7 Å². The second-order valence-electron chi connectivity index (χ2n) is 5.37. The van der Waals surface area contributed by atoms with Gasteiger partial charge in [0.1, 0.15) is 0 Å². The van der Waals surface area contributed by atoms with E-state index in [9.17, 15) is 9.59 Å². The van der Waals surface area contributed by atoms with Gasteiger partial charge < -0.3 is 15.3 Å². The Labute approximate surface area is 124 Å². The zero-order chi connectivity index (χ0) is 15.8. The molecule has 1 rings (SSSR count). The monoisotopic (exact) mass is 294 g/mol. The molecule has 21 heavy (non-hydrogen) atoms. The Balaban J connectivity index is 2.44. The number of carbonyl (C=O) groups is 2. The summed E-state index contributed by atoms with van der Waals surface area (Å²) in [6, 6.07) is 1.70. The van der Waals surface area contributed by atoms with Crippen molar-refractivity contribution in [3.63, 3.8) is 0 Å². The quantitative estimate of drug-likeness (QED) is 0.735. The first kappa shape index (κ1) is 16.9. The summed E-state index contributed by atoms with van der Waals surface area (Å²) < 4.78 is 0. The molecule has 1 aromatic rings. The van der Waals surface area contributed by atoms with Crippen molar-refractivity contribution in [1.82, 2.24) is 15.3 Å². The van der Waals surface area contributed by atoms with Crippen molar-refractivity contribution in [2.45, 2.75) is 20.3 Å². The molecule has 0 aliphatic carbocycles. The van der Waals surface area contributed by atoms with E-state index in [1.54, 1.807) is 30.4 Å².